The SMILES string of the molecule is Cc1ccc(S(=O)(=O)Oc2ccc(Br)cc2/C=N\Nc2cc(N(C)C)nc(C(C)C)n2)cc1. The third kappa shape index (κ3) is 6.52. The Morgan fingerprint density at radius 1 is 1.09 bits per heavy atom. The van der Waals surface area contributed by atoms with Gasteiger partial charge in [0.25, 0.3) is 0 Å². The fraction of sp³-hybridized carbons (Fsp3) is 0.261. The zero-order chi connectivity index (χ0) is 24.2. The fourth-order valence-corrected chi connectivity index (χ4v) is 4.07. The van der Waals surface area contributed by atoms with Gasteiger partial charge in [0, 0.05) is 36.1 Å². The lowest BCUT2D eigenvalue weighted by Gasteiger charge is -2.15. The van der Waals surface area contributed by atoms with Crippen molar-refractivity contribution in [2.75, 3.05) is 24.4 Å². The maximum Gasteiger partial charge on any atom is 0.339 e. The first kappa shape index (κ1) is 24.7. The maximum atomic E-state index is 12.7. The zero-order valence-corrected chi connectivity index (χ0v) is 21.5. The van der Waals surface area contributed by atoms with Crippen LogP contribution < -0.4 is 14.5 Å². The Labute approximate surface area is 203 Å². The van der Waals surface area contributed by atoms with Gasteiger partial charge in [-0.25, -0.2) is 9.97 Å². The molecule has 3 rings (SSSR count). The van der Waals surface area contributed by atoms with Crippen LogP contribution in [0, 0.1) is 6.92 Å². The molecule has 0 saturated heterocycles. The minimum absolute atomic E-state index is 0.0791. The third-order valence-electron chi connectivity index (χ3n) is 4.57. The van der Waals surface area contributed by atoms with E-state index < -0.39 is 10.1 Å². The fourth-order valence-electron chi connectivity index (χ4n) is 2.73. The molecular weight excluding hydrogens is 506 g/mol. The van der Waals surface area contributed by atoms with E-state index >= 15 is 0 Å². The van der Waals surface area contributed by atoms with Crippen molar-refractivity contribution in [3.8, 4) is 5.75 Å². The number of hydrogen-bond donors (Lipinski definition) is 1. The van der Waals surface area contributed by atoms with Crippen molar-refractivity contribution in [2.24, 2.45) is 5.10 Å². The summed E-state index contributed by atoms with van der Waals surface area (Å²) in [7, 11) is -0.193. The lowest BCUT2D eigenvalue weighted by molar-refractivity contribution is 0.485. The molecule has 2 aromatic carbocycles. The van der Waals surface area contributed by atoms with Gasteiger partial charge in [0.05, 0.1) is 6.21 Å². The van der Waals surface area contributed by atoms with Gasteiger partial charge in [-0.05, 0) is 37.3 Å². The minimum Gasteiger partial charge on any atom is -0.378 e. The molecule has 33 heavy (non-hydrogen) atoms. The number of halogens is 1. The molecule has 3 aromatic rings. The molecule has 174 valence electrons. The Kier molecular flexibility index (Phi) is 7.70. The summed E-state index contributed by atoms with van der Waals surface area (Å²) in [5.41, 5.74) is 4.33. The summed E-state index contributed by atoms with van der Waals surface area (Å²) in [4.78, 5) is 11.0. The second kappa shape index (κ2) is 10.3. The summed E-state index contributed by atoms with van der Waals surface area (Å²) in [5.74, 6) is 2.27. The van der Waals surface area contributed by atoms with Crippen LogP contribution in [0.5, 0.6) is 5.75 Å². The maximum absolute atomic E-state index is 12.7. The first-order chi connectivity index (χ1) is 15.5. The molecule has 0 aliphatic heterocycles. The van der Waals surface area contributed by atoms with Crippen molar-refractivity contribution >= 4 is 43.9 Å². The van der Waals surface area contributed by atoms with E-state index in [-0.39, 0.29) is 16.6 Å². The van der Waals surface area contributed by atoms with Crippen molar-refractivity contribution in [3.63, 3.8) is 0 Å². The highest BCUT2D eigenvalue weighted by atomic mass is 79.9. The standard InChI is InChI=1S/C23H26BrN5O3S/c1-15(2)23-26-21(13-22(27-23)29(4)5)28-25-14-17-12-18(24)8-11-20(17)32-33(30,31)19-9-6-16(3)7-10-19/h6-15H,1-5H3,(H,26,27,28)/b25-14-. The van der Waals surface area contributed by atoms with Gasteiger partial charge < -0.3 is 9.08 Å². The zero-order valence-electron chi connectivity index (χ0n) is 19.1. The summed E-state index contributed by atoms with van der Waals surface area (Å²) in [6.45, 7) is 5.92. The smallest absolute Gasteiger partial charge is 0.339 e. The van der Waals surface area contributed by atoms with Gasteiger partial charge in [0.1, 0.15) is 16.5 Å². The number of hydrogen-bond acceptors (Lipinski definition) is 8. The van der Waals surface area contributed by atoms with Gasteiger partial charge in [-0.15, -0.1) is 0 Å². The Hall–Kier alpha value is -2.98. The van der Waals surface area contributed by atoms with Crippen LogP contribution in [0.15, 0.2) is 63.0 Å². The second-order valence-corrected chi connectivity index (χ2v) is 10.4. The van der Waals surface area contributed by atoms with Crippen molar-refractivity contribution in [3.05, 3.63) is 70.0 Å². The molecule has 0 atom stereocenters. The number of nitrogens with one attached hydrogen (secondary N) is 1. The first-order valence-electron chi connectivity index (χ1n) is 10.2. The summed E-state index contributed by atoms with van der Waals surface area (Å²) in [6, 6.07) is 13.2. The van der Waals surface area contributed by atoms with Crippen LogP contribution in [0.3, 0.4) is 0 Å². The average molecular weight is 532 g/mol. The summed E-state index contributed by atoms with van der Waals surface area (Å²) in [6.07, 6.45) is 1.48. The predicted octanol–water partition coefficient (Wildman–Crippen LogP) is 4.95. The largest absolute Gasteiger partial charge is 0.378 e. The monoisotopic (exact) mass is 531 g/mol. The van der Waals surface area contributed by atoms with E-state index in [0.717, 1.165) is 15.9 Å². The predicted molar refractivity (Wildman–Crippen MR) is 135 cm³/mol. The highest BCUT2D eigenvalue weighted by molar-refractivity contribution is 9.10. The Bertz CT molecular complexity index is 1230. The van der Waals surface area contributed by atoms with Crippen LogP contribution in [-0.4, -0.2) is 38.7 Å². The molecule has 0 unspecified atom stereocenters. The summed E-state index contributed by atoms with van der Waals surface area (Å²) in [5, 5.41) is 4.25. The lowest BCUT2D eigenvalue weighted by Crippen LogP contribution is -2.14. The normalized spacial score (nSPS) is 11.7. The number of nitrogens with zero attached hydrogens (tertiary/aromatic N) is 4. The van der Waals surface area contributed by atoms with Crippen molar-refractivity contribution in [1.29, 1.82) is 0 Å². The van der Waals surface area contributed by atoms with Crippen LogP contribution in [0.1, 0.15) is 36.7 Å². The number of benzene rings is 2. The van der Waals surface area contributed by atoms with Crippen molar-refractivity contribution < 1.29 is 12.6 Å². The first-order valence-corrected chi connectivity index (χ1v) is 12.4. The Balaban J connectivity index is 1.86. The molecule has 1 N–H and O–H groups in total. The lowest BCUT2D eigenvalue weighted by atomic mass is 10.2. The van der Waals surface area contributed by atoms with Gasteiger partial charge in [-0.2, -0.15) is 13.5 Å². The second-order valence-electron chi connectivity index (χ2n) is 7.92. The highest BCUT2D eigenvalue weighted by Gasteiger charge is 2.18. The quantitative estimate of drug-likeness (QED) is 0.249. The number of hydrazone groups is 1. The van der Waals surface area contributed by atoms with Gasteiger partial charge in [-0.1, -0.05) is 47.5 Å². The molecular formula is C23H26BrN5O3S. The molecule has 10 heteroatoms. The molecule has 0 amide bonds. The summed E-state index contributed by atoms with van der Waals surface area (Å²) >= 11 is 3.40. The van der Waals surface area contributed by atoms with Crippen LogP contribution in [0.25, 0.3) is 0 Å². The van der Waals surface area contributed by atoms with Crippen LogP contribution in [0.2, 0.25) is 0 Å². The van der Waals surface area contributed by atoms with E-state index in [1.165, 1.54) is 18.3 Å². The Morgan fingerprint density at radius 2 is 1.79 bits per heavy atom. The molecule has 1 heterocycles. The number of anilines is 2. The van der Waals surface area contributed by atoms with Crippen LogP contribution in [-0.2, 0) is 10.1 Å². The van der Waals surface area contributed by atoms with Crippen molar-refractivity contribution in [1.82, 2.24) is 9.97 Å². The van der Waals surface area contributed by atoms with Gasteiger partial charge in [-0.3, -0.25) is 5.43 Å². The van der Waals surface area contributed by atoms with E-state index in [1.54, 1.807) is 36.4 Å². The van der Waals surface area contributed by atoms with Crippen molar-refractivity contribution in [2.45, 2.75) is 31.6 Å². The van der Waals surface area contributed by atoms with Gasteiger partial charge >= 0.3 is 10.1 Å². The minimum atomic E-state index is -4.00. The molecule has 0 aliphatic carbocycles. The van der Waals surface area contributed by atoms with Gasteiger partial charge in [0.2, 0.25) is 0 Å². The number of aryl methyl sites for hydroxylation is 1. The van der Waals surface area contributed by atoms with Crippen LogP contribution >= 0.6 is 15.9 Å². The molecule has 8 nitrogen and oxygen atoms in total. The molecule has 0 bridgehead atoms. The molecule has 0 fully saturated rings. The van der Waals surface area contributed by atoms with Crippen LogP contribution in [0.4, 0.5) is 11.6 Å². The molecule has 0 saturated carbocycles. The molecule has 0 spiro atoms. The topological polar surface area (TPSA) is 96.8 Å². The van der Waals surface area contributed by atoms with Gasteiger partial charge in [0.15, 0.2) is 11.6 Å². The third-order valence-corrected chi connectivity index (χ3v) is 6.31. The van der Waals surface area contributed by atoms with E-state index in [4.69, 9.17) is 4.18 Å². The molecule has 1 aromatic heterocycles. The van der Waals surface area contributed by atoms with E-state index in [9.17, 15) is 8.42 Å². The van der Waals surface area contributed by atoms with E-state index in [1.807, 2.05) is 39.8 Å². The summed E-state index contributed by atoms with van der Waals surface area (Å²) < 4.78 is 31.6. The Morgan fingerprint density at radius 3 is 2.42 bits per heavy atom. The highest BCUT2D eigenvalue weighted by Crippen LogP contribution is 2.26. The number of rotatable bonds is 8. The van der Waals surface area contributed by atoms with E-state index in [2.05, 4.69) is 36.4 Å². The average Bonchev–Trinajstić information content (AvgIpc) is 2.75. The molecule has 0 radical (unpaired) electrons. The molecule has 0 aliphatic rings. The number of aromatic nitrogens is 2. The van der Waals surface area contributed by atoms with E-state index in [0.29, 0.717) is 17.2 Å².